The van der Waals surface area contributed by atoms with Gasteiger partial charge in [0.25, 0.3) is 0 Å². The van der Waals surface area contributed by atoms with Gasteiger partial charge in [-0.25, -0.2) is 8.42 Å². The van der Waals surface area contributed by atoms with Gasteiger partial charge in [0.1, 0.15) is 0 Å². The first kappa shape index (κ1) is 27.5. The Hall–Kier alpha value is -3.04. The molecule has 1 aliphatic rings. The normalized spacial score (nSPS) is 15.7. The van der Waals surface area contributed by atoms with Crippen molar-refractivity contribution in [2.75, 3.05) is 39.0 Å². The molecule has 0 unspecified atom stereocenters. The van der Waals surface area contributed by atoms with E-state index in [1.54, 1.807) is 12.1 Å². The van der Waals surface area contributed by atoms with Crippen LogP contribution in [0.25, 0.3) is 33.4 Å². The first-order valence-corrected chi connectivity index (χ1v) is 15.4. The third kappa shape index (κ3) is 6.76. The van der Waals surface area contributed by atoms with Crippen molar-refractivity contribution < 1.29 is 13.5 Å². The summed E-state index contributed by atoms with van der Waals surface area (Å²) in [6.45, 7) is 11.8. The van der Waals surface area contributed by atoms with Crippen LogP contribution >= 0.6 is 0 Å². The first-order chi connectivity index (χ1) is 18.4. The van der Waals surface area contributed by atoms with Crippen LogP contribution in [-0.2, 0) is 16.4 Å². The van der Waals surface area contributed by atoms with Gasteiger partial charge in [0.2, 0.25) is 0 Å². The Bertz CT molecular complexity index is 1540. The SMILES string of the molecule is Cc1nc(-c2ccc(CN3CCN(CCC(C)(C)O)CC3)cc2)cc2[nH]c(-c3ccc(S(C)(=O)=O)cc3)cc12. The van der Waals surface area contributed by atoms with Gasteiger partial charge >= 0.3 is 0 Å². The number of piperazine rings is 1. The Morgan fingerprint density at radius 3 is 2.15 bits per heavy atom. The molecule has 206 valence electrons. The third-order valence-electron chi connectivity index (χ3n) is 7.56. The maximum Gasteiger partial charge on any atom is 0.175 e. The number of aryl methyl sites for hydroxylation is 1. The molecule has 0 amide bonds. The maximum atomic E-state index is 11.8. The number of benzene rings is 2. The molecule has 0 atom stereocenters. The fourth-order valence-corrected chi connectivity index (χ4v) is 5.75. The summed E-state index contributed by atoms with van der Waals surface area (Å²) in [6, 6.07) is 19.8. The number of fused-ring (bicyclic) bond motifs is 1. The predicted molar refractivity (Wildman–Crippen MR) is 157 cm³/mol. The van der Waals surface area contributed by atoms with Crippen LogP contribution in [0.1, 0.15) is 31.5 Å². The lowest BCUT2D eigenvalue weighted by molar-refractivity contribution is 0.0467. The van der Waals surface area contributed by atoms with E-state index in [0.717, 1.165) is 84.8 Å². The van der Waals surface area contributed by atoms with E-state index in [2.05, 4.69) is 51.2 Å². The van der Waals surface area contributed by atoms with Crippen LogP contribution in [0.4, 0.5) is 0 Å². The molecular formula is C31H38N4O3S. The van der Waals surface area contributed by atoms with Crippen molar-refractivity contribution in [2.45, 2.75) is 44.2 Å². The number of sulfone groups is 1. The molecule has 7 nitrogen and oxygen atoms in total. The van der Waals surface area contributed by atoms with Gasteiger partial charge in [0.05, 0.1) is 16.2 Å². The molecule has 0 bridgehead atoms. The van der Waals surface area contributed by atoms with Crippen LogP contribution < -0.4 is 0 Å². The second-order valence-corrected chi connectivity index (χ2v) is 13.4. The second-order valence-electron chi connectivity index (χ2n) is 11.4. The Balaban J connectivity index is 1.26. The Morgan fingerprint density at radius 2 is 1.54 bits per heavy atom. The fourth-order valence-electron chi connectivity index (χ4n) is 5.12. The summed E-state index contributed by atoms with van der Waals surface area (Å²) >= 11 is 0. The quantitative estimate of drug-likeness (QED) is 0.327. The molecule has 5 rings (SSSR count). The van der Waals surface area contributed by atoms with E-state index < -0.39 is 15.4 Å². The number of pyridine rings is 1. The molecule has 3 heterocycles. The lowest BCUT2D eigenvalue weighted by atomic mass is 10.0. The molecule has 1 fully saturated rings. The minimum Gasteiger partial charge on any atom is -0.390 e. The highest BCUT2D eigenvalue weighted by Crippen LogP contribution is 2.30. The van der Waals surface area contributed by atoms with Crippen molar-refractivity contribution in [3.05, 3.63) is 71.9 Å². The van der Waals surface area contributed by atoms with E-state index in [4.69, 9.17) is 4.98 Å². The van der Waals surface area contributed by atoms with E-state index in [-0.39, 0.29) is 0 Å². The van der Waals surface area contributed by atoms with E-state index in [0.29, 0.717) is 4.90 Å². The van der Waals surface area contributed by atoms with Gasteiger partial charge < -0.3 is 15.0 Å². The Morgan fingerprint density at radius 1 is 0.923 bits per heavy atom. The van der Waals surface area contributed by atoms with E-state index in [1.807, 2.05) is 32.9 Å². The molecule has 39 heavy (non-hydrogen) atoms. The Labute approximate surface area is 231 Å². The summed E-state index contributed by atoms with van der Waals surface area (Å²) in [5.41, 5.74) is 6.51. The summed E-state index contributed by atoms with van der Waals surface area (Å²) in [4.78, 5) is 13.6. The summed E-state index contributed by atoms with van der Waals surface area (Å²) in [6.07, 6.45) is 2.02. The van der Waals surface area contributed by atoms with Crippen molar-refractivity contribution in [1.82, 2.24) is 19.8 Å². The van der Waals surface area contributed by atoms with Gasteiger partial charge in [-0.2, -0.15) is 0 Å². The van der Waals surface area contributed by atoms with Gasteiger partial charge in [-0.15, -0.1) is 0 Å². The van der Waals surface area contributed by atoms with Crippen LogP contribution in [-0.4, -0.2) is 77.9 Å². The van der Waals surface area contributed by atoms with Gasteiger partial charge in [0, 0.05) is 73.4 Å². The first-order valence-electron chi connectivity index (χ1n) is 13.5. The molecular weight excluding hydrogens is 508 g/mol. The minimum absolute atomic E-state index is 0.315. The predicted octanol–water partition coefficient (Wildman–Crippen LogP) is 4.89. The molecule has 0 aliphatic carbocycles. The Kier molecular flexibility index (Phi) is 7.66. The van der Waals surface area contributed by atoms with Gasteiger partial charge in [-0.05, 0) is 62.6 Å². The average Bonchev–Trinajstić information content (AvgIpc) is 3.33. The van der Waals surface area contributed by atoms with E-state index >= 15 is 0 Å². The summed E-state index contributed by atoms with van der Waals surface area (Å²) < 4.78 is 23.6. The molecule has 2 aromatic carbocycles. The van der Waals surface area contributed by atoms with Crippen molar-refractivity contribution >= 4 is 20.7 Å². The highest BCUT2D eigenvalue weighted by Gasteiger charge is 2.20. The summed E-state index contributed by atoms with van der Waals surface area (Å²) in [7, 11) is -3.22. The average molecular weight is 547 g/mol. The van der Waals surface area contributed by atoms with Crippen LogP contribution in [0.5, 0.6) is 0 Å². The van der Waals surface area contributed by atoms with E-state index in [1.165, 1.54) is 11.8 Å². The molecule has 0 radical (unpaired) electrons. The highest BCUT2D eigenvalue weighted by atomic mass is 32.2. The van der Waals surface area contributed by atoms with Crippen molar-refractivity contribution in [2.24, 2.45) is 0 Å². The van der Waals surface area contributed by atoms with Crippen molar-refractivity contribution in [3.8, 4) is 22.5 Å². The zero-order chi connectivity index (χ0) is 27.8. The third-order valence-corrected chi connectivity index (χ3v) is 8.69. The highest BCUT2D eigenvalue weighted by molar-refractivity contribution is 7.90. The van der Waals surface area contributed by atoms with Crippen LogP contribution in [0.15, 0.2) is 65.6 Å². The number of aromatic nitrogens is 2. The number of aliphatic hydroxyl groups is 1. The number of hydrogen-bond acceptors (Lipinski definition) is 6. The van der Waals surface area contributed by atoms with Gasteiger partial charge in [-0.1, -0.05) is 36.4 Å². The minimum atomic E-state index is -3.22. The molecule has 2 aromatic heterocycles. The lowest BCUT2D eigenvalue weighted by Gasteiger charge is -2.35. The summed E-state index contributed by atoms with van der Waals surface area (Å²) in [5, 5.41) is 11.0. The van der Waals surface area contributed by atoms with Crippen molar-refractivity contribution in [1.29, 1.82) is 0 Å². The molecule has 0 spiro atoms. The zero-order valence-corrected chi connectivity index (χ0v) is 24.1. The largest absolute Gasteiger partial charge is 0.390 e. The number of rotatable bonds is 8. The molecule has 1 aliphatic heterocycles. The van der Waals surface area contributed by atoms with Crippen LogP contribution in [0.3, 0.4) is 0 Å². The van der Waals surface area contributed by atoms with Crippen molar-refractivity contribution in [3.63, 3.8) is 0 Å². The van der Waals surface area contributed by atoms with Crippen LogP contribution in [0.2, 0.25) is 0 Å². The molecule has 4 aromatic rings. The standard InChI is InChI=1S/C31H38N4O3S/c1-22-27-19-28(25-9-11-26(12-10-25)39(4,37)38)33-30(27)20-29(32-22)24-7-5-23(6-8-24)21-35-17-15-34(16-18-35)14-13-31(2,3)36/h5-12,19-20,33,36H,13-18,21H2,1-4H3. The maximum absolute atomic E-state index is 11.8. The molecule has 2 N–H and O–H groups in total. The fraction of sp³-hybridized carbons (Fsp3) is 0.387. The number of nitrogens with one attached hydrogen (secondary N) is 1. The van der Waals surface area contributed by atoms with Gasteiger partial charge in [0.15, 0.2) is 9.84 Å². The molecule has 1 saturated heterocycles. The molecule has 0 saturated carbocycles. The second kappa shape index (κ2) is 10.8. The van der Waals surface area contributed by atoms with E-state index in [9.17, 15) is 13.5 Å². The lowest BCUT2D eigenvalue weighted by Crippen LogP contribution is -2.47. The monoisotopic (exact) mass is 546 g/mol. The van der Waals surface area contributed by atoms with Gasteiger partial charge in [-0.3, -0.25) is 9.88 Å². The van der Waals surface area contributed by atoms with Crippen LogP contribution in [0, 0.1) is 6.92 Å². The number of H-pyrrole nitrogens is 1. The number of aromatic amines is 1. The topological polar surface area (TPSA) is 89.5 Å². The zero-order valence-electron chi connectivity index (χ0n) is 23.2. The number of nitrogens with zero attached hydrogens (tertiary/aromatic N) is 3. The smallest absolute Gasteiger partial charge is 0.175 e. The summed E-state index contributed by atoms with van der Waals surface area (Å²) in [5.74, 6) is 0. The molecule has 8 heteroatoms. The number of hydrogen-bond donors (Lipinski definition) is 2.